The van der Waals surface area contributed by atoms with Gasteiger partial charge in [0.05, 0.1) is 0 Å². The summed E-state index contributed by atoms with van der Waals surface area (Å²) < 4.78 is 0. The molecule has 0 spiro atoms. The zero-order valence-electron chi connectivity index (χ0n) is 5.85. The molecule has 0 rings (SSSR count). The lowest BCUT2D eigenvalue weighted by Crippen LogP contribution is -1.88. The van der Waals surface area contributed by atoms with Crippen molar-refractivity contribution in [2.24, 2.45) is 0 Å². The van der Waals surface area contributed by atoms with Crippen molar-refractivity contribution in [1.82, 2.24) is 0 Å². The largest absolute Gasteiger partial charge is 0.176 e. The zero-order chi connectivity index (χ0) is 6.41. The highest BCUT2D eigenvalue weighted by Gasteiger charge is 1.91. The molecule has 50 valence electrons. The smallest absolute Gasteiger partial charge is 0.00116 e. The Labute approximate surface area is 58.1 Å². The summed E-state index contributed by atoms with van der Waals surface area (Å²) in [6.45, 7) is 4.38. The minimum absolute atomic E-state index is 0.599. The van der Waals surface area contributed by atoms with Gasteiger partial charge in [0.2, 0.25) is 0 Å². The van der Waals surface area contributed by atoms with Crippen LogP contribution in [0.2, 0.25) is 0 Å². The van der Waals surface area contributed by atoms with Crippen molar-refractivity contribution in [1.29, 1.82) is 0 Å². The summed E-state index contributed by atoms with van der Waals surface area (Å²) in [6.07, 6.45) is 5.31. The summed E-state index contributed by atoms with van der Waals surface area (Å²) in [5.74, 6) is 0. The quantitative estimate of drug-likeness (QED) is 0.441. The molecular formula is C7H16S. The van der Waals surface area contributed by atoms with Crippen LogP contribution in [0.1, 0.15) is 39.5 Å². The molecule has 0 aliphatic heterocycles. The first kappa shape index (κ1) is 8.35. The van der Waals surface area contributed by atoms with Gasteiger partial charge >= 0.3 is 0 Å². The average Bonchev–Trinajstić information content (AvgIpc) is 1.66. The van der Waals surface area contributed by atoms with Gasteiger partial charge in [0.1, 0.15) is 0 Å². The molecule has 0 aliphatic carbocycles. The first-order chi connectivity index (χ1) is 3.77. The molecule has 1 atom stereocenters. The van der Waals surface area contributed by atoms with Gasteiger partial charge in [-0.1, -0.05) is 33.1 Å². The number of rotatable bonds is 4. The van der Waals surface area contributed by atoms with Crippen LogP contribution in [0.3, 0.4) is 0 Å². The number of hydrogen-bond acceptors (Lipinski definition) is 1. The van der Waals surface area contributed by atoms with Gasteiger partial charge in [-0.2, -0.15) is 12.6 Å². The summed E-state index contributed by atoms with van der Waals surface area (Å²) in [4.78, 5) is 0. The SMILES string of the molecule is CCCCCC(C)S. The monoisotopic (exact) mass is 132 g/mol. The van der Waals surface area contributed by atoms with Crippen LogP contribution in [0.5, 0.6) is 0 Å². The Balaban J connectivity index is 2.72. The van der Waals surface area contributed by atoms with Crippen LogP contribution < -0.4 is 0 Å². The van der Waals surface area contributed by atoms with Gasteiger partial charge in [-0.15, -0.1) is 0 Å². The van der Waals surface area contributed by atoms with E-state index in [1.807, 2.05) is 0 Å². The van der Waals surface area contributed by atoms with Gasteiger partial charge < -0.3 is 0 Å². The molecule has 0 fully saturated rings. The fourth-order valence-corrected chi connectivity index (χ4v) is 0.872. The van der Waals surface area contributed by atoms with Gasteiger partial charge in [-0.3, -0.25) is 0 Å². The van der Waals surface area contributed by atoms with Crippen LogP contribution in [0.15, 0.2) is 0 Å². The molecule has 0 aromatic carbocycles. The van der Waals surface area contributed by atoms with E-state index < -0.39 is 0 Å². The van der Waals surface area contributed by atoms with E-state index in [9.17, 15) is 0 Å². The molecule has 0 radical (unpaired) electrons. The van der Waals surface area contributed by atoms with E-state index in [2.05, 4.69) is 26.5 Å². The van der Waals surface area contributed by atoms with E-state index in [0.29, 0.717) is 5.25 Å². The first-order valence-electron chi connectivity index (χ1n) is 3.45. The van der Waals surface area contributed by atoms with Crippen LogP contribution in [0, 0.1) is 0 Å². The third kappa shape index (κ3) is 6.35. The molecule has 1 unspecified atom stereocenters. The lowest BCUT2D eigenvalue weighted by atomic mass is 10.2. The topological polar surface area (TPSA) is 0 Å². The fourth-order valence-electron chi connectivity index (χ4n) is 0.690. The van der Waals surface area contributed by atoms with Crippen molar-refractivity contribution >= 4 is 12.6 Å². The lowest BCUT2D eigenvalue weighted by Gasteiger charge is -1.99. The minimum atomic E-state index is 0.599. The van der Waals surface area contributed by atoms with E-state index in [0.717, 1.165) is 0 Å². The van der Waals surface area contributed by atoms with E-state index in [1.165, 1.54) is 25.7 Å². The summed E-state index contributed by atoms with van der Waals surface area (Å²) in [7, 11) is 0. The minimum Gasteiger partial charge on any atom is -0.176 e. The maximum absolute atomic E-state index is 4.27. The molecule has 0 bridgehead atoms. The molecule has 0 nitrogen and oxygen atoms in total. The van der Waals surface area contributed by atoms with Crippen LogP contribution in [0.25, 0.3) is 0 Å². The molecule has 0 aromatic heterocycles. The summed E-state index contributed by atoms with van der Waals surface area (Å²) in [5.41, 5.74) is 0. The van der Waals surface area contributed by atoms with Crippen molar-refractivity contribution in [3.05, 3.63) is 0 Å². The summed E-state index contributed by atoms with van der Waals surface area (Å²) in [6, 6.07) is 0. The molecule has 8 heavy (non-hydrogen) atoms. The summed E-state index contributed by atoms with van der Waals surface area (Å²) >= 11 is 4.27. The molecule has 0 saturated heterocycles. The standard InChI is InChI=1S/C7H16S/c1-3-4-5-6-7(2)8/h7-8H,3-6H2,1-2H3. The Kier molecular flexibility index (Phi) is 5.73. The molecule has 0 N–H and O–H groups in total. The van der Waals surface area contributed by atoms with E-state index in [-0.39, 0.29) is 0 Å². The maximum atomic E-state index is 4.27. The molecular weight excluding hydrogens is 116 g/mol. The fraction of sp³-hybridized carbons (Fsp3) is 1.00. The number of unbranched alkanes of at least 4 members (excludes halogenated alkanes) is 2. The highest BCUT2D eigenvalue weighted by atomic mass is 32.1. The highest BCUT2D eigenvalue weighted by Crippen LogP contribution is 2.06. The third-order valence-electron chi connectivity index (χ3n) is 1.23. The second kappa shape index (κ2) is 5.49. The van der Waals surface area contributed by atoms with Gasteiger partial charge in [-0.05, 0) is 11.7 Å². The summed E-state index contributed by atoms with van der Waals surface area (Å²) in [5, 5.41) is 0.599. The third-order valence-corrected chi connectivity index (χ3v) is 1.48. The predicted octanol–water partition coefficient (Wildman–Crippen LogP) is 2.89. The first-order valence-corrected chi connectivity index (χ1v) is 3.97. The number of hydrogen-bond donors (Lipinski definition) is 1. The zero-order valence-corrected chi connectivity index (χ0v) is 6.75. The Morgan fingerprint density at radius 1 is 1.38 bits per heavy atom. The van der Waals surface area contributed by atoms with Crippen LogP contribution in [-0.2, 0) is 0 Å². The maximum Gasteiger partial charge on any atom is -0.00116 e. The van der Waals surface area contributed by atoms with Crippen molar-refractivity contribution in [3.63, 3.8) is 0 Å². The van der Waals surface area contributed by atoms with E-state index in [4.69, 9.17) is 0 Å². The highest BCUT2D eigenvalue weighted by molar-refractivity contribution is 7.80. The van der Waals surface area contributed by atoms with Gasteiger partial charge in [0, 0.05) is 0 Å². The van der Waals surface area contributed by atoms with Gasteiger partial charge in [0.25, 0.3) is 0 Å². The van der Waals surface area contributed by atoms with Gasteiger partial charge in [0.15, 0.2) is 0 Å². The second-order valence-electron chi connectivity index (χ2n) is 2.34. The molecule has 0 heterocycles. The molecule has 0 aromatic rings. The van der Waals surface area contributed by atoms with Crippen molar-refractivity contribution in [3.8, 4) is 0 Å². The Bertz CT molecular complexity index is 41.7. The average molecular weight is 132 g/mol. The number of thiol groups is 1. The molecule has 0 amide bonds. The Morgan fingerprint density at radius 3 is 2.38 bits per heavy atom. The molecule has 0 aliphatic rings. The molecule has 0 saturated carbocycles. The van der Waals surface area contributed by atoms with Crippen LogP contribution in [-0.4, -0.2) is 5.25 Å². The normalized spacial score (nSPS) is 13.9. The van der Waals surface area contributed by atoms with Gasteiger partial charge in [-0.25, -0.2) is 0 Å². The van der Waals surface area contributed by atoms with Crippen molar-refractivity contribution in [2.45, 2.75) is 44.8 Å². The Morgan fingerprint density at radius 2 is 2.00 bits per heavy atom. The lowest BCUT2D eigenvalue weighted by molar-refractivity contribution is 0.666. The van der Waals surface area contributed by atoms with Crippen LogP contribution >= 0.6 is 12.6 Å². The van der Waals surface area contributed by atoms with E-state index in [1.54, 1.807) is 0 Å². The second-order valence-corrected chi connectivity index (χ2v) is 3.23. The predicted molar refractivity (Wildman–Crippen MR) is 42.6 cm³/mol. The molecule has 1 heteroatoms. The van der Waals surface area contributed by atoms with Crippen LogP contribution in [0.4, 0.5) is 0 Å². The van der Waals surface area contributed by atoms with E-state index >= 15 is 0 Å². The van der Waals surface area contributed by atoms with Crippen molar-refractivity contribution in [2.75, 3.05) is 0 Å². The Hall–Kier alpha value is 0.350. The van der Waals surface area contributed by atoms with Crippen molar-refractivity contribution < 1.29 is 0 Å².